The topological polar surface area (TPSA) is 99.0 Å². The number of hydrogen-bond acceptors (Lipinski definition) is 7. The van der Waals surface area contributed by atoms with Crippen LogP contribution in [0.1, 0.15) is 35.8 Å². The predicted molar refractivity (Wildman–Crippen MR) is 108 cm³/mol. The summed E-state index contributed by atoms with van der Waals surface area (Å²) in [5.41, 5.74) is 1.49. The van der Waals surface area contributed by atoms with Crippen molar-refractivity contribution in [2.45, 2.75) is 26.2 Å². The Morgan fingerprint density at radius 1 is 1.17 bits per heavy atom. The smallest absolute Gasteiger partial charge is 0.338 e. The van der Waals surface area contributed by atoms with Crippen LogP contribution in [0.4, 0.5) is 5.69 Å². The van der Waals surface area contributed by atoms with Crippen LogP contribution in [-0.4, -0.2) is 40.4 Å². The number of ether oxygens (including phenoxy) is 2. The summed E-state index contributed by atoms with van der Waals surface area (Å²) in [5.74, 6) is -1.40. The zero-order valence-corrected chi connectivity index (χ0v) is 16.7. The van der Waals surface area contributed by atoms with Gasteiger partial charge in [-0.3, -0.25) is 14.0 Å². The molecule has 0 saturated heterocycles. The van der Waals surface area contributed by atoms with E-state index in [1.54, 1.807) is 30.5 Å². The minimum atomic E-state index is -0.531. The van der Waals surface area contributed by atoms with Crippen molar-refractivity contribution in [3.63, 3.8) is 0 Å². The van der Waals surface area contributed by atoms with E-state index in [1.165, 1.54) is 11.3 Å². The molecule has 0 aliphatic carbocycles. The quantitative estimate of drug-likeness (QED) is 0.426. The third-order valence-corrected chi connectivity index (χ3v) is 4.74. The Kier molecular flexibility index (Phi) is 6.96. The number of unbranched alkanes of at least 4 members (excludes halogenated alkanes) is 1. The van der Waals surface area contributed by atoms with Crippen molar-refractivity contribution in [1.82, 2.24) is 9.38 Å². The number of nitrogens with zero attached hydrogens (tertiary/aromatic N) is 2. The van der Waals surface area contributed by atoms with E-state index in [0.717, 1.165) is 17.8 Å². The number of amides is 1. The third-order valence-electron chi connectivity index (χ3n) is 3.97. The summed E-state index contributed by atoms with van der Waals surface area (Å²) in [4.78, 5) is 40.8. The van der Waals surface area contributed by atoms with Gasteiger partial charge < -0.3 is 14.8 Å². The second kappa shape index (κ2) is 9.83. The van der Waals surface area contributed by atoms with E-state index < -0.39 is 24.5 Å². The normalized spacial score (nSPS) is 10.7. The highest BCUT2D eigenvalue weighted by molar-refractivity contribution is 7.15. The van der Waals surface area contributed by atoms with Gasteiger partial charge in [0, 0.05) is 23.5 Å². The second-order valence-electron chi connectivity index (χ2n) is 6.28. The number of fused-ring (bicyclic) bond motifs is 1. The maximum absolute atomic E-state index is 12.0. The van der Waals surface area contributed by atoms with E-state index in [-0.39, 0.29) is 6.42 Å². The maximum Gasteiger partial charge on any atom is 0.338 e. The van der Waals surface area contributed by atoms with Gasteiger partial charge >= 0.3 is 11.9 Å². The molecule has 0 aliphatic heterocycles. The Morgan fingerprint density at radius 2 is 1.97 bits per heavy atom. The molecular weight excluding hydrogens is 394 g/mol. The Morgan fingerprint density at radius 3 is 2.69 bits per heavy atom. The van der Waals surface area contributed by atoms with E-state index in [0.29, 0.717) is 23.6 Å². The van der Waals surface area contributed by atoms with Crippen LogP contribution in [0.25, 0.3) is 4.96 Å². The lowest BCUT2D eigenvalue weighted by molar-refractivity contribution is -0.146. The van der Waals surface area contributed by atoms with E-state index >= 15 is 0 Å². The molecule has 3 aromatic rings. The number of hydrogen-bond donors (Lipinski definition) is 1. The summed E-state index contributed by atoms with van der Waals surface area (Å²) in [6, 6.07) is 6.32. The summed E-state index contributed by atoms with van der Waals surface area (Å²) < 4.78 is 11.9. The van der Waals surface area contributed by atoms with Crippen LogP contribution in [0.5, 0.6) is 0 Å². The molecule has 0 fully saturated rings. The molecule has 1 aromatic carbocycles. The number of imidazole rings is 1. The summed E-state index contributed by atoms with van der Waals surface area (Å²) in [6.07, 6.45) is 5.37. The fourth-order valence-corrected chi connectivity index (χ4v) is 3.20. The summed E-state index contributed by atoms with van der Waals surface area (Å²) in [7, 11) is 0. The van der Waals surface area contributed by atoms with Crippen LogP contribution in [0.3, 0.4) is 0 Å². The zero-order chi connectivity index (χ0) is 20.6. The van der Waals surface area contributed by atoms with Gasteiger partial charge in [0.1, 0.15) is 0 Å². The molecule has 0 aliphatic rings. The van der Waals surface area contributed by atoms with E-state index in [1.807, 2.05) is 22.9 Å². The van der Waals surface area contributed by atoms with Gasteiger partial charge in [0.2, 0.25) is 0 Å². The maximum atomic E-state index is 12.0. The van der Waals surface area contributed by atoms with Gasteiger partial charge in [-0.2, -0.15) is 0 Å². The van der Waals surface area contributed by atoms with Crippen LogP contribution in [-0.2, 0) is 25.5 Å². The standard InChI is InChI=1S/C20H21N3O5S/c1-2-3-9-27-19(26)14-4-6-15(7-5-14)21-17(24)13-28-18(25)11-16-12-23-8-10-29-20(23)22-16/h4-8,10,12H,2-3,9,11,13H2,1H3,(H,21,24). The van der Waals surface area contributed by atoms with Crippen molar-refractivity contribution < 1.29 is 23.9 Å². The van der Waals surface area contributed by atoms with Gasteiger partial charge in [0.25, 0.3) is 5.91 Å². The van der Waals surface area contributed by atoms with Crippen molar-refractivity contribution >= 4 is 39.8 Å². The van der Waals surface area contributed by atoms with Gasteiger partial charge in [0.15, 0.2) is 11.6 Å². The number of aromatic nitrogens is 2. The van der Waals surface area contributed by atoms with Gasteiger partial charge in [-0.1, -0.05) is 13.3 Å². The van der Waals surface area contributed by atoms with E-state index in [2.05, 4.69) is 10.3 Å². The fraction of sp³-hybridized carbons (Fsp3) is 0.300. The number of rotatable bonds is 9. The van der Waals surface area contributed by atoms with Gasteiger partial charge in [-0.25, -0.2) is 9.78 Å². The van der Waals surface area contributed by atoms with Crippen LogP contribution in [0.15, 0.2) is 42.0 Å². The van der Waals surface area contributed by atoms with Crippen molar-refractivity contribution in [3.8, 4) is 0 Å². The monoisotopic (exact) mass is 415 g/mol. The van der Waals surface area contributed by atoms with Gasteiger partial charge in [0.05, 0.1) is 24.3 Å². The average molecular weight is 415 g/mol. The summed E-state index contributed by atoms with van der Waals surface area (Å²) in [6.45, 7) is 2.00. The lowest BCUT2D eigenvalue weighted by Crippen LogP contribution is -2.21. The Labute approximate surface area is 171 Å². The first-order valence-electron chi connectivity index (χ1n) is 9.19. The minimum Gasteiger partial charge on any atom is -0.462 e. The number of esters is 2. The Bertz CT molecular complexity index is 965. The fourth-order valence-electron chi connectivity index (χ4n) is 2.49. The molecule has 0 radical (unpaired) electrons. The first kappa shape index (κ1) is 20.5. The molecule has 2 aromatic heterocycles. The van der Waals surface area contributed by atoms with E-state index in [4.69, 9.17) is 9.47 Å². The van der Waals surface area contributed by atoms with E-state index in [9.17, 15) is 14.4 Å². The Hall–Kier alpha value is -3.20. The highest BCUT2D eigenvalue weighted by Gasteiger charge is 2.12. The summed E-state index contributed by atoms with van der Waals surface area (Å²) in [5, 5.41) is 4.51. The molecular formula is C20H21N3O5S. The number of carbonyl (C=O) groups excluding carboxylic acids is 3. The largest absolute Gasteiger partial charge is 0.462 e. The molecule has 0 bridgehead atoms. The molecule has 3 rings (SSSR count). The van der Waals surface area contributed by atoms with Crippen molar-refractivity contribution in [2.75, 3.05) is 18.5 Å². The molecule has 1 amide bonds. The van der Waals surface area contributed by atoms with Gasteiger partial charge in [-0.05, 0) is 30.7 Å². The molecule has 2 heterocycles. The molecule has 0 spiro atoms. The lowest BCUT2D eigenvalue weighted by atomic mass is 10.2. The third kappa shape index (κ3) is 5.89. The van der Waals surface area contributed by atoms with Crippen LogP contribution in [0.2, 0.25) is 0 Å². The van der Waals surface area contributed by atoms with Crippen LogP contribution >= 0.6 is 11.3 Å². The molecule has 9 heteroatoms. The first-order chi connectivity index (χ1) is 14.0. The molecule has 1 N–H and O–H groups in total. The number of thiazole rings is 1. The SMILES string of the molecule is CCCCOC(=O)c1ccc(NC(=O)COC(=O)Cc2cn3ccsc3n2)cc1. The number of carbonyl (C=O) groups is 3. The lowest BCUT2D eigenvalue weighted by Gasteiger charge is -2.07. The highest BCUT2D eigenvalue weighted by Crippen LogP contribution is 2.13. The molecule has 8 nitrogen and oxygen atoms in total. The average Bonchev–Trinajstić information content (AvgIpc) is 3.29. The molecule has 29 heavy (non-hydrogen) atoms. The molecule has 0 atom stereocenters. The second-order valence-corrected chi connectivity index (χ2v) is 7.15. The van der Waals surface area contributed by atoms with Crippen LogP contribution in [0, 0.1) is 0 Å². The number of benzene rings is 1. The van der Waals surface area contributed by atoms with Crippen molar-refractivity contribution in [2.24, 2.45) is 0 Å². The van der Waals surface area contributed by atoms with Crippen LogP contribution < -0.4 is 5.32 Å². The predicted octanol–water partition coefficient (Wildman–Crippen LogP) is 3.08. The number of anilines is 1. The minimum absolute atomic E-state index is 0.00345. The molecule has 0 saturated carbocycles. The summed E-state index contributed by atoms with van der Waals surface area (Å²) >= 11 is 1.47. The number of nitrogens with one attached hydrogen (secondary N) is 1. The highest BCUT2D eigenvalue weighted by atomic mass is 32.1. The molecule has 152 valence electrons. The first-order valence-corrected chi connectivity index (χ1v) is 10.1. The van der Waals surface area contributed by atoms with Gasteiger partial charge in [-0.15, -0.1) is 11.3 Å². The van der Waals surface area contributed by atoms with Crippen molar-refractivity contribution in [1.29, 1.82) is 0 Å². The zero-order valence-electron chi connectivity index (χ0n) is 15.9. The molecule has 0 unspecified atom stereocenters. The van der Waals surface area contributed by atoms with Crippen molar-refractivity contribution in [3.05, 3.63) is 53.3 Å². The Balaban J connectivity index is 1.42.